The molecule has 24 heavy (non-hydrogen) atoms. The van der Waals surface area contributed by atoms with Gasteiger partial charge in [0.1, 0.15) is 5.76 Å². The molecule has 1 atom stereocenters. The third-order valence-electron chi connectivity index (χ3n) is 3.61. The molecule has 1 N–H and O–H groups in total. The van der Waals surface area contributed by atoms with Gasteiger partial charge < -0.3 is 14.5 Å². The lowest BCUT2D eigenvalue weighted by molar-refractivity contribution is -0.123. The Bertz CT molecular complexity index is 897. The van der Waals surface area contributed by atoms with Crippen LogP contribution in [0.15, 0.2) is 59.0 Å². The number of furan rings is 1. The number of hydrogen-bond donors (Lipinski definition) is 1. The molecule has 122 valence electrons. The lowest BCUT2D eigenvalue weighted by Gasteiger charge is -2.13. The van der Waals surface area contributed by atoms with Crippen molar-refractivity contribution in [1.82, 2.24) is 0 Å². The number of carbonyl (C=O) groups excluding carboxylic acids is 2. The molecule has 3 aromatic rings. The molecule has 0 spiro atoms. The van der Waals surface area contributed by atoms with Gasteiger partial charge in [0.25, 0.3) is 5.91 Å². The highest BCUT2D eigenvalue weighted by Crippen LogP contribution is 2.19. The topological polar surface area (TPSA) is 68.5 Å². The highest BCUT2D eigenvalue weighted by molar-refractivity contribution is 5.98. The first-order valence-electron chi connectivity index (χ1n) is 7.60. The predicted octanol–water partition coefficient (Wildman–Crippen LogP) is 3.93. The van der Waals surface area contributed by atoms with Crippen molar-refractivity contribution in [3.8, 4) is 0 Å². The van der Waals surface area contributed by atoms with E-state index in [0.29, 0.717) is 11.4 Å². The molecule has 5 heteroatoms. The molecule has 5 nitrogen and oxygen atoms in total. The zero-order valence-electron chi connectivity index (χ0n) is 13.4. The van der Waals surface area contributed by atoms with Crippen LogP contribution in [0.4, 0.5) is 5.69 Å². The van der Waals surface area contributed by atoms with Crippen LogP contribution >= 0.6 is 0 Å². The lowest BCUT2D eigenvalue weighted by Crippen LogP contribution is -2.29. The molecule has 0 saturated carbocycles. The summed E-state index contributed by atoms with van der Waals surface area (Å²) in [5.41, 5.74) is 0.649. The fourth-order valence-electron chi connectivity index (χ4n) is 2.33. The first-order chi connectivity index (χ1) is 11.5. The Morgan fingerprint density at radius 3 is 2.50 bits per heavy atom. The summed E-state index contributed by atoms with van der Waals surface area (Å²) in [6, 6.07) is 16.6. The molecule has 0 radical (unpaired) electrons. The summed E-state index contributed by atoms with van der Waals surface area (Å²) >= 11 is 0. The van der Waals surface area contributed by atoms with Crippen molar-refractivity contribution in [3.63, 3.8) is 0 Å². The predicted molar refractivity (Wildman–Crippen MR) is 90.9 cm³/mol. The third kappa shape index (κ3) is 3.46. The van der Waals surface area contributed by atoms with Gasteiger partial charge in [-0.3, -0.25) is 4.79 Å². The number of hydrogen-bond acceptors (Lipinski definition) is 4. The van der Waals surface area contributed by atoms with Gasteiger partial charge in [0.2, 0.25) is 5.76 Å². The number of aryl methyl sites for hydroxylation is 1. The maximum Gasteiger partial charge on any atom is 0.375 e. The Hall–Kier alpha value is -3.08. The molecule has 1 aromatic heterocycles. The van der Waals surface area contributed by atoms with Gasteiger partial charge in [0.05, 0.1) is 0 Å². The van der Waals surface area contributed by atoms with Crippen LogP contribution in [0.1, 0.15) is 23.2 Å². The van der Waals surface area contributed by atoms with E-state index in [1.807, 2.05) is 42.5 Å². The van der Waals surface area contributed by atoms with Gasteiger partial charge in [-0.15, -0.1) is 0 Å². The summed E-state index contributed by atoms with van der Waals surface area (Å²) in [5.74, 6) is -0.376. The van der Waals surface area contributed by atoms with E-state index in [2.05, 4.69) is 5.32 Å². The molecule has 0 bridgehead atoms. The third-order valence-corrected chi connectivity index (χ3v) is 3.61. The van der Waals surface area contributed by atoms with E-state index in [1.54, 1.807) is 13.0 Å². The Morgan fingerprint density at radius 1 is 1.04 bits per heavy atom. The number of ether oxygens (including phenoxy) is 1. The summed E-state index contributed by atoms with van der Waals surface area (Å²) in [7, 11) is 0. The van der Waals surface area contributed by atoms with Gasteiger partial charge in [-0.05, 0) is 48.9 Å². The molecule has 0 fully saturated rings. The molecule has 3 rings (SSSR count). The number of fused-ring (bicyclic) bond motifs is 1. The zero-order chi connectivity index (χ0) is 17.1. The maximum atomic E-state index is 12.2. The quantitative estimate of drug-likeness (QED) is 0.739. The number of amides is 1. The zero-order valence-corrected chi connectivity index (χ0v) is 13.4. The van der Waals surface area contributed by atoms with Crippen LogP contribution in [0.2, 0.25) is 0 Å². The number of benzene rings is 2. The normalized spacial score (nSPS) is 11.9. The Kier molecular flexibility index (Phi) is 4.33. The number of esters is 1. The first-order valence-corrected chi connectivity index (χ1v) is 7.60. The molecule has 0 saturated heterocycles. The van der Waals surface area contributed by atoms with Crippen molar-refractivity contribution >= 4 is 28.3 Å². The van der Waals surface area contributed by atoms with E-state index < -0.39 is 18.0 Å². The van der Waals surface area contributed by atoms with Crippen molar-refractivity contribution < 1.29 is 18.7 Å². The summed E-state index contributed by atoms with van der Waals surface area (Å²) in [6.07, 6.45) is -0.936. The number of rotatable bonds is 4. The summed E-state index contributed by atoms with van der Waals surface area (Å²) in [4.78, 5) is 24.1. The first kappa shape index (κ1) is 15.8. The van der Waals surface area contributed by atoms with Crippen molar-refractivity contribution in [3.05, 3.63) is 66.1 Å². The van der Waals surface area contributed by atoms with Crippen molar-refractivity contribution in [1.29, 1.82) is 0 Å². The minimum atomic E-state index is -0.936. The summed E-state index contributed by atoms with van der Waals surface area (Å²) in [6.45, 7) is 3.25. The Morgan fingerprint density at radius 2 is 1.79 bits per heavy atom. The van der Waals surface area contributed by atoms with E-state index in [-0.39, 0.29) is 5.76 Å². The molecule has 1 unspecified atom stereocenters. The van der Waals surface area contributed by atoms with E-state index >= 15 is 0 Å². The van der Waals surface area contributed by atoms with E-state index in [1.165, 1.54) is 13.0 Å². The molecular weight excluding hydrogens is 306 g/mol. The van der Waals surface area contributed by atoms with Gasteiger partial charge in [0, 0.05) is 5.69 Å². The number of nitrogens with one attached hydrogen (secondary N) is 1. The second-order valence-electron chi connectivity index (χ2n) is 5.51. The van der Waals surface area contributed by atoms with Crippen LogP contribution in [-0.2, 0) is 9.53 Å². The van der Waals surface area contributed by atoms with Gasteiger partial charge >= 0.3 is 5.97 Å². The molecule has 0 aliphatic carbocycles. The smallest absolute Gasteiger partial charge is 0.375 e. The average molecular weight is 323 g/mol. The molecule has 2 aromatic carbocycles. The van der Waals surface area contributed by atoms with Crippen molar-refractivity contribution in [2.75, 3.05) is 5.32 Å². The monoisotopic (exact) mass is 323 g/mol. The molecule has 0 aliphatic heterocycles. The Labute approximate surface area is 139 Å². The van der Waals surface area contributed by atoms with Crippen LogP contribution in [0.25, 0.3) is 10.8 Å². The van der Waals surface area contributed by atoms with Crippen LogP contribution < -0.4 is 5.32 Å². The van der Waals surface area contributed by atoms with E-state index in [0.717, 1.165) is 10.8 Å². The fourth-order valence-corrected chi connectivity index (χ4v) is 2.33. The number of carbonyl (C=O) groups is 2. The SMILES string of the molecule is Cc1ccc(C(=O)OC(C)C(=O)Nc2ccc3ccccc3c2)o1. The average Bonchev–Trinajstić information content (AvgIpc) is 3.01. The van der Waals surface area contributed by atoms with Crippen LogP contribution in [0.5, 0.6) is 0 Å². The van der Waals surface area contributed by atoms with E-state index in [4.69, 9.17) is 9.15 Å². The van der Waals surface area contributed by atoms with Gasteiger partial charge in [0.15, 0.2) is 6.10 Å². The molecule has 0 aliphatic rings. The van der Waals surface area contributed by atoms with Gasteiger partial charge in [-0.1, -0.05) is 30.3 Å². The minimum absolute atomic E-state index is 0.0813. The van der Waals surface area contributed by atoms with Gasteiger partial charge in [-0.2, -0.15) is 0 Å². The van der Waals surface area contributed by atoms with Crippen LogP contribution in [0.3, 0.4) is 0 Å². The van der Waals surface area contributed by atoms with Crippen LogP contribution in [-0.4, -0.2) is 18.0 Å². The lowest BCUT2D eigenvalue weighted by atomic mass is 10.1. The summed E-state index contributed by atoms with van der Waals surface area (Å²) in [5, 5.41) is 4.85. The highest BCUT2D eigenvalue weighted by Gasteiger charge is 2.21. The molecule has 1 amide bonds. The summed E-state index contributed by atoms with van der Waals surface area (Å²) < 4.78 is 10.3. The molecule has 1 heterocycles. The second kappa shape index (κ2) is 6.58. The molecular formula is C19H17NO4. The van der Waals surface area contributed by atoms with Gasteiger partial charge in [-0.25, -0.2) is 4.79 Å². The minimum Gasteiger partial charge on any atom is -0.454 e. The standard InChI is InChI=1S/C19H17NO4/c1-12-7-10-17(23-12)19(22)24-13(2)18(21)20-16-9-8-14-5-3-4-6-15(14)11-16/h3-11,13H,1-2H3,(H,20,21). The van der Waals surface area contributed by atoms with E-state index in [9.17, 15) is 9.59 Å². The maximum absolute atomic E-state index is 12.2. The second-order valence-corrected chi connectivity index (χ2v) is 5.51. The van der Waals surface area contributed by atoms with Crippen LogP contribution in [0, 0.1) is 6.92 Å². The van der Waals surface area contributed by atoms with Crippen molar-refractivity contribution in [2.45, 2.75) is 20.0 Å². The van der Waals surface area contributed by atoms with Crippen molar-refractivity contribution in [2.24, 2.45) is 0 Å². The Balaban J connectivity index is 1.65. The highest BCUT2D eigenvalue weighted by atomic mass is 16.6. The largest absolute Gasteiger partial charge is 0.454 e. The fraction of sp³-hybridized carbons (Fsp3) is 0.158. The number of anilines is 1.